The number of aryl methyl sites for hydroxylation is 1. The predicted octanol–water partition coefficient (Wildman–Crippen LogP) is 5.82. The van der Waals surface area contributed by atoms with Gasteiger partial charge in [0.1, 0.15) is 12.4 Å². The molecule has 1 heterocycles. The molecule has 0 unspecified atom stereocenters. The Morgan fingerprint density at radius 3 is 2.64 bits per heavy atom. The maximum atomic E-state index is 11.8. The number of carbonyl (C=O) groups excluding carboxylic acids is 1. The molecule has 0 saturated heterocycles. The highest BCUT2D eigenvalue weighted by atomic mass is 32.1. The zero-order valence-electron chi connectivity index (χ0n) is 16.0. The van der Waals surface area contributed by atoms with Gasteiger partial charge in [0.15, 0.2) is 0 Å². The summed E-state index contributed by atoms with van der Waals surface area (Å²) in [6.07, 6.45) is -0.498. The van der Waals surface area contributed by atoms with Crippen molar-refractivity contribution in [2.24, 2.45) is 0 Å². The Morgan fingerprint density at radius 1 is 1.11 bits per heavy atom. The second kappa shape index (κ2) is 9.80. The van der Waals surface area contributed by atoms with Gasteiger partial charge in [0.25, 0.3) is 0 Å². The van der Waals surface area contributed by atoms with Crippen LogP contribution in [0.1, 0.15) is 22.9 Å². The van der Waals surface area contributed by atoms with E-state index in [2.05, 4.69) is 29.0 Å². The zero-order valence-corrected chi connectivity index (χ0v) is 16.8. The number of nitrogens with one attached hydrogen (secondary N) is 2. The lowest BCUT2D eigenvalue weighted by molar-refractivity contribution is 0.167. The van der Waals surface area contributed by atoms with E-state index in [1.165, 1.54) is 10.4 Å². The van der Waals surface area contributed by atoms with E-state index in [-0.39, 0.29) is 0 Å². The highest BCUT2D eigenvalue weighted by Crippen LogP contribution is 2.30. The lowest BCUT2D eigenvalue weighted by Gasteiger charge is -2.15. The van der Waals surface area contributed by atoms with Gasteiger partial charge in [-0.05, 0) is 48.6 Å². The average molecular weight is 397 g/mol. The van der Waals surface area contributed by atoms with E-state index < -0.39 is 6.09 Å². The minimum absolute atomic E-state index is 0.311. The Labute approximate surface area is 169 Å². The molecule has 2 aromatic carbocycles. The summed E-state index contributed by atoms with van der Waals surface area (Å²) in [6.45, 7) is 5.32. The van der Waals surface area contributed by atoms with Crippen molar-refractivity contribution in [2.75, 3.05) is 17.2 Å². The Bertz CT molecular complexity index is 909. The lowest BCUT2D eigenvalue weighted by atomic mass is 10.2. The van der Waals surface area contributed by atoms with Crippen molar-refractivity contribution >= 4 is 28.8 Å². The van der Waals surface area contributed by atoms with Gasteiger partial charge in [-0.1, -0.05) is 30.3 Å². The van der Waals surface area contributed by atoms with E-state index in [4.69, 9.17) is 9.47 Å². The number of rotatable bonds is 8. The molecule has 0 aliphatic heterocycles. The van der Waals surface area contributed by atoms with E-state index in [1.807, 2.05) is 48.5 Å². The average Bonchev–Trinajstić information content (AvgIpc) is 3.12. The minimum Gasteiger partial charge on any atom is -0.487 e. The molecule has 0 aliphatic carbocycles. The van der Waals surface area contributed by atoms with Crippen LogP contribution in [0.5, 0.6) is 5.75 Å². The third-order valence-electron chi connectivity index (χ3n) is 3.98. The van der Waals surface area contributed by atoms with Gasteiger partial charge in [-0.15, -0.1) is 11.3 Å². The van der Waals surface area contributed by atoms with Gasteiger partial charge in [-0.25, -0.2) is 4.79 Å². The Hall–Kier alpha value is -2.99. The molecule has 5 nitrogen and oxygen atoms in total. The summed E-state index contributed by atoms with van der Waals surface area (Å²) in [7, 11) is 0. The van der Waals surface area contributed by atoms with Crippen LogP contribution >= 0.6 is 11.3 Å². The van der Waals surface area contributed by atoms with Crippen LogP contribution in [0, 0.1) is 6.92 Å². The third-order valence-corrected chi connectivity index (χ3v) is 5.04. The number of hydrogen-bond donors (Lipinski definition) is 2. The Kier molecular flexibility index (Phi) is 6.92. The van der Waals surface area contributed by atoms with Crippen LogP contribution in [0.25, 0.3) is 0 Å². The molecular weight excluding hydrogens is 372 g/mol. The summed E-state index contributed by atoms with van der Waals surface area (Å²) in [5.74, 6) is 0.587. The Morgan fingerprint density at radius 2 is 1.93 bits per heavy atom. The van der Waals surface area contributed by atoms with Crippen molar-refractivity contribution in [1.82, 2.24) is 0 Å². The molecule has 0 fully saturated rings. The quantitative estimate of drug-likeness (QED) is 0.504. The number of anilines is 2. The molecule has 0 saturated carbocycles. The SMILES string of the molecule is CCOC(=O)Nc1ccc(NCc2cc(C)cs2)cc1OCc1ccccc1. The summed E-state index contributed by atoms with van der Waals surface area (Å²) < 4.78 is 11.0. The van der Waals surface area contributed by atoms with Crippen LogP contribution in [0.2, 0.25) is 0 Å². The fourth-order valence-corrected chi connectivity index (χ4v) is 3.45. The van der Waals surface area contributed by atoms with Crippen molar-refractivity contribution in [3.05, 3.63) is 76.0 Å². The van der Waals surface area contributed by atoms with Gasteiger partial charge >= 0.3 is 6.09 Å². The van der Waals surface area contributed by atoms with Gasteiger partial charge in [0, 0.05) is 23.2 Å². The standard InChI is InChI=1S/C22H24N2O3S/c1-3-26-22(25)24-20-10-9-18(23-13-19-11-16(2)15-28-19)12-21(20)27-14-17-7-5-4-6-8-17/h4-12,15,23H,3,13-14H2,1-2H3,(H,24,25). The van der Waals surface area contributed by atoms with Gasteiger partial charge in [0.05, 0.1) is 12.3 Å². The first-order valence-electron chi connectivity index (χ1n) is 9.16. The maximum Gasteiger partial charge on any atom is 0.411 e. The van der Waals surface area contributed by atoms with Crippen molar-refractivity contribution in [3.63, 3.8) is 0 Å². The van der Waals surface area contributed by atoms with Crippen LogP contribution in [-0.4, -0.2) is 12.7 Å². The van der Waals surface area contributed by atoms with Crippen LogP contribution in [0.15, 0.2) is 60.0 Å². The fraction of sp³-hybridized carbons (Fsp3) is 0.227. The van der Waals surface area contributed by atoms with Gasteiger partial charge in [-0.3, -0.25) is 5.32 Å². The number of carbonyl (C=O) groups is 1. The molecule has 0 bridgehead atoms. The highest BCUT2D eigenvalue weighted by Gasteiger charge is 2.10. The smallest absolute Gasteiger partial charge is 0.411 e. The fourth-order valence-electron chi connectivity index (χ4n) is 2.64. The molecule has 6 heteroatoms. The van der Waals surface area contributed by atoms with Gasteiger partial charge in [0.2, 0.25) is 0 Å². The van der Waals surface area contributed by atoms with Crippen LogP contribution in [0.4, 0.5) is 16.2 Å². The van der Waals surface area contributed by atoms with E-state index >= 15 is 0 Å². The minimum atomic E-state index is -0.498. The molecular formula is C22H24N2O3S. The largest absolute Gasteiger partial charge is 0.487 e. The monoisotopic (exact) mass is 396 g/mol. The Balaban J connectivity index is 1.73. The normalized spacial score (nSPS) is 10.4. The molecule has 1 aromatic heterocycles. The topological polar surface area (TPSA) is 59.6 Å². The van der Waals surface area contributed by atoms with E-state index in [9.17, 15) is 4.79 Å². The summed E-state index contributed by atoms with van der Waals surface area (Å²) in [5, 5.41) is 8.28. The van der Waals surface area contributed by atoms with Crippen molar-refractivity contribution in [3.8, 4) is 5.75 Å². The number of ether oxygens (including phenoxy) is 2. The van der Waals surface area contributed by atoms with Crippen molar-refractivity contribution in [1.29, 1.82) is 0 Å². The van der Waals surface area contributed by atoms with Crippen LogP contribution < -0.4 is 15.4 Å². The summed E-state index contributed by atoms with van der Waals surface area (Å²) >= 11 is 1.73. The molecule has 0 aliphatic rings. The second-order valence-corrected chi connectivity index (χ2v) is 7.27. The molecule has 0 radical (unpaired) electrons. The van der Waals surface area contributed by atoms with Gasteiger partial charge in [-0.2, -0.15) is 0 Å². The molecule has 0 spiro atoms. The van der Waals surface area contributed by atoms with Crippen LogP contribution in [-0.2, 0) is 17.9 Å². The van der Waals surface area contributed by atoms with Crippen molar-refractivity contribution < 1.29 is 14.3 Å². The van der Waals surface area contributed by atoms with Gasteiger partial charge < -0.3 is 14.8 Å². The molecule has 0 atom stereocenters. The first-order chi connectivity index (χ1) is 13.6. The number of thiophene rings is 1. The number of amides is 1. The predicted molar refractivity (Wildman–Crippen MR) is 114 cm³/mol. The molecule has 3 rings (SSSR count). The molecule has 2 N–H and O–H groups in total. The molecule has 1 amide bonds. The first-order valence-corrected chi connectivity index (χ1v) is 10.0. The zero-order chi connectivity index (χ0) is 19.8. The molecule has 146 valence electrons. The molecule has 3 aromatic rings. The van der Waals surface area contributed by atoms with E-state index in [0.717, 1.165) is 17.8 Å². The van der Waals surface area contributed by atoms with Crippen LogP contribution in [0.3, 0.4) is 0 Å². The lowest BCUT2D eigenvalue weighted by Crippen LogP contribution is -2.14. The third kappa shape index (κ3) is 5.76. The first kappa shape index (κ1) is 19.8. The number of benzene rings is 2. The second-order valence-electron chi connectivity index (χ2n) is 6.27. The summed E-state index contributed by atoms with van der Waals surface area (Å²) in [4.78, 5) is 13.1. The number of hydrogen-bond acceptors (Lipinski definition) is 5. The summed E-state index contributed by atoms with van der Waals surface area (Å²) in [6, 6.07) is 17.7. The van der Waals surface area contributed by atoms with Crippen molar-refractivity contribution in [2.45, 2.75) is 27.0 Å². The maximum absolute atomic E-state index is 11.8. The highest BCUT2D eigenvalue weighted by molar-refractivity contribution is 7.10. The molecule has 28 heavy (non-hydrogen) atoms. The van der Waals surface area contributed by atoms with E-state index in [0.29, 0.717) is 24.7 Å². The van der Waals surface area contributed by atoms with E-state index in [1.54, 1.807) is 18.3 Å². The summed E-state index contributed by atoms with van der Waals surface area (Å²) in [5.41, 5.74) is 3.81.